The van der Waals surface area contributed by atoms with Crippen LogP contribution >= 0.6 is 0 Å². The number of carbonyl (C=O) groups is 3. The Bertz CT molecular complexity index is 1600. The smallest absolute Gasteiger partial charge is 0.350 e. The summed E-state index contributed by atoms with van der Waals surface area (Å²) in [4.78, 5) is 38.8. The van der Waals surface area contributed by atoms with E-state index in [1.165, 1.54) is 12.1 Å². The van der Waals surface area contributed by atoms with E-state index in [2.05, 4.69) is 16.0 Å². The third kappa shape index (κ3) is 8.34. The summed E-state index contributed by atoms with van der Waals surface area (Å²) in [5, 5.41) is 8.63. The first-order valence-corrected chi connectivity index (χ1v) is 14.4. The van der Waals surface area contributed by atoms with Crippen LogP contribution in [0.2, 0.25) is 0 Å². The molecule has 3 N–H and O–H groups in total. The molecule has 0 aliphatic heterocycles. The monoisotopic (exact) mass is 601 g/mol. The van der Waals surface area contributed by atoms with E-state index >= 15 is 0 Å². The van der Waals surface area contributed by atoms with E-state index < -0.39 is 23.7 Å². The fraction of sp³-hybridized carbons (Fsp3) is 0.229. The van der Waals surface area contributed by atoms with Gasteiger partial charge in [0.25, 0.3) is 5.91 Å². The number of benzene rings is 4. The normalized spacial score (nSPS) is 11.8. The average molecular weight is 602 g/mol. The van der Waals surface area contributed by atoms with Crippen molar-refractivity contribution < 1.29 is 27.6 Å². The highest BCUT2D eigenvalue weighted by molar-refractivity contribution is 6.09. The molecule has 4 aromatic rings. The average Bonchev–Trinajstić information content (AvgIpc) is 3.02. The molecule has 0 fully saturated rings. The van der Waals surface area contributed by atoms with Crippen LogP contribution in [-0.2, 0) is 22.3 Å². The highest BCUT2D eigenvalue weighted by atomic mass is 19.4. The van der Waals surface area contributed by atoms with Gasteiger partial charge in [0.2, 0.25) is 11.8 Å². The number of rotatable bonds is 11. The number of unbranched alkanes of at least 4 members (excludes halogenated alkanes) is 1. The summed E-state index contributed by atoms with van der Waals surface area (Å²) in [5.41, 5.74) is 3.33. The van der Waals surface area contributed by atoms with Gasteiger partial charge >= 0.3 is 6.18 Å². The van der Waals surface area contributed by atoms with Gasteiger partial charge in [-0.1, -0.05) is 86.1 Å². The summed E-state index contributed by atoms with van der Waals surface area (Å²) < 4.78 is 39.0. The van der Waals surface area contributed by atoms with Gasteiger partial charge in [0.1, 0.15) is 6.04 Å². The molecular formula is C35H34F3N3O3. The molecule has 0 saturated heterocycles. The Kier molecular flexibility index (Phi) is 10.6. The second-order valence-corrected chi connectivity index (χ2v) is 10.5. The number of amides is 3. The summed E-state index contributed by atoms with van der Waals surface area (Å²) in [6.45, 7) is 4.03. The van der Waals surface area contributed by atoms with Crippen molar-refractivity contribution in [2.45, 2.75) is 51.9 Å². The fourth-order valence-electron chi connectivity index (χ4n) is 4.74. The second kappa shape index (κ2) is 14.5. The first-order valence-electron chi connectivity index (χ1n) is 14.4. The molecule has 3 amide bonds. The molecule has 0 aromatic heterocycles. The summed E-state index contributed by atoms with van der Waals surface area (Å²) in [5.74, 6) is -0.934. The minimum absolute atomic E-state index is 0.188. The van der Waals surface area contributed by atoms with Crippen LogP contribution in [0.25, 0.3) is 11.1 Å². The van der Waals surface area contributed by atoms with Gasteiger partial charge in [-0.3, -0.25) is 14.4 Å². The van der Waals surface area contributed by atoms with Crippen LogP contribution in [0.5, 0.6) is 0 Å². The minimum atomic E-state index is -4.45. The Labute approximate surface area is 254 Å². The van der Waals surface area contributed by atoms with Crippen molar-refractivity contribution in [3.63, 3.8) is 0 Å². The van der Waals surface area contributed by atoms with Crippen LogP contribution < -0.4 is 16.0 Å². The molecule has 0 saturated carbocycles. The molecule has 0 spiro atoms. The third-order valence-electron chi connectivity index (χ3n) is 7.16. The van der Waals surface area contributed by atoms with Gasteiger partial charge < -0.3 is 16.0 Å². The zero-order valence-corrected chi connectivity index (χ0v) is 24.5. The van der Waals surface area contributed by atoms with Crippen molar-refractivity contribution in [1.82, 2.24) is 10.6 Å². The zero-order valence-electron chi connectivity index (χ0n) is 24.5. The largest absolute Gasteiger partial charge is 0.416 e. The van der Waals surface area contributed by atoms with E-state index in [0.717, 1.165) is 36.1 Å². The number of nitrogens with one attached hydrogen (secondary N) is 3. The molecule has 6 nitrogen and oxygen atoms in total. The van der Waals surface area contributed by atoms with E-state index in [-0.39, 0.29) is 18.4 Å². The van der Waals surface area contributed by atoms with Gasteiger partial charge in [-0.2, -0.15) is 13.2 Å². The molecule has 0 radical (unpaired) electrons. The maximum Gasteiger partial charge on any atom is 0.416 e. The molecule has 0 bridgehead atoms. The number of carbonyl (C=O) groups excluding carboxylic acids is 3. The Morgan fingerprint density at radius 2 is 1.52 bits per heavy atom. The van der Waals surface area contributed by atoms with Gasteiger partial charge in [-0.25, -0.2) is 0 Å². The molecule has 1 atom stereocenters. The number of alkyl halides is 3. The summed E-state index contributed by atoms with van der Waals surface area (Å²) in [6.07, 6.45) is -2.50. The van der Waals surface area contributed by atoms with E-state index in [1.54, 1.807) is 48.5 Å². The molecule has 228 valence electrons. The molecule has 44 heavy (non-hydrogen) atoms. The number of halogens is 3. The van der Waals surface area contributed by atoms with Crippen LogP contribution in [0.3, 0.4) is 0 Å². The number of hydrogen-bond acceptors (Lipinski definition) is 3. The van der Waals surface area contributed by atoms with E-state index in [0.29, 0.717) is 34.4 Å². The zero-order chi connectivity index (χ0) is 31.7. The standard InChI is InChI=1S/C35H34F3N3O3/c1-3-4-14-31(42)41-32(26-10-6-5-7-11-26)34(44)39-22-24-15-20-30(23(2)21-24)40-33(43)29-13-9-8-12-28(29)25-16-18-27(19-17-25)35(36,37)38/h5-13,15-21,32H,3-4,14,22H2,1-2H3,(H,39,44)(H,40,43)(H,41,42)/t32-/m0/s1. The summed E-state index contributed by atoms with van der Waals surface area (Å²) in [7, 11) is 0. The number of hydrogen-bond donors (Lipinski definition) is 3. The molecule has 9 heteroatoms. The first-order chi connectivity index (χ1) is 21.1. The van der Waals surface area contributed by atoms with Crippen molar-refractivity contribution in [3.05, 3.63) is 125 Å². The van der Waals surface area contributed by atoms with Crippen molar-refractivity contribution in [2.24, 2.45) is 0 Å². The SMILES string of the molecule is CCCCC(=O)N[C@H](C(=O)NCc1ccc(NC(=O)c2ccccc2-c2ccc(C(F)(F)F)cc2)c(C)c1)c1ccccc1. The van der Waals surface area contributed by atoms with Crippen molar-refractivity contribution in [3.8, 4) is 11.1 Å². The lowest BCUT2D eigenvalue weighted by Crippen LogP contribution is -2.40. The van der Waals surface area contributed by atoms with Crippen LogP contribution in [0.4, 0.5) is 18.9 Å². The maximum absolute atomic E-state index is 13.3. The Morgan fingerprint density at radius 3 is 2.18 bits per heavy atom. The van der Waals surface area contributed by atoms with Gasteiger partial charge in [0.15, 0.2) is 0 Å². The molecule has 0 aliphatic carbocycles. The molecule has 0 aliphatic rings. The van der Waals surface area contributed by atoms with E-state index in [4.69, 9.17) is 0 Å². The van der Waals surface area contributed by atoms with Gasteiger partial charge in [-0.15, -0.1) is 0 Å². The Morgan fingerprint density at radius 1 is 0.841 bits per heavy atom. The summed E-state index contributed by atoms with van der Waals surface area (Å²) in [6, 6.07) is 25.0. The third-order valence-corrected chi connectivity index (χ3v) is 7.16. The predicted octanol–water partition coefficient (Wildman–Crippen LogP) is 7.60. The number of anilines is 1. The van der Waals surface area contributed by atoms with Crippen LogP contribution in [0.1, 0.15) is 64.8 Å². The quantitative estimate of drug-likeness (QED) is 0.166. The lowest BCUT2D eigenvalue weighted by atomic mass is 9.98. The van der Waals surface area contributed by atoms with Gasteiger partial charge in [0, 0.05) is 24.2 Å². The molecule has 0 unspecified atom stereocenters. The highest BCUT2D eigenvalue weighted by Crippen LogP contribution is 2.32. The van der Waals surface area contributed by atoms with Crippen molar-refractivity contribution in [1.29, 1.82) is 0 Å². The second-order valence-electron chi connectivity index (χ2n) is 10.5. The predicted molar refractivity (Wildman–Crippen MR) is 165 cm³/mol. The van der Waals surface area contributed by atoms with E-state index in [1.807, 2.05) is 38.1 Å². The van der Waals surface area contributed by atoms with E-state index in [9.17, 15) is 27.6 Å². The fourth-order valence-corrected chi connectivity index (χ4v) is 4.74. The van der Waals surface area contributed by atoms with Crippen LogP contribution in [0, 0.1) is 6.92 Å². The van der Waals surface area contributed by atoms with Crippen molar-refractivity contribution >= 4 is 23.4 Å². The lowest BCUT2D eigenvalue weighted by Gasteiger charge is -2.19. The highest BCUT2D eigenvalue weighted by Gasteiger charge is 2.30. The number of aryl methyl sites for hydroxylation is 1. The first kappa shape index (κ1) is 32.0. The van der Waals surface area contributed by atoms with Crippen LogP contribution in [0.15, 0.2) is 97.1 Å². The Balaban J connectivity index is 1.43. The van der Waals surface area contributed by atoms with Gasteiger partial charge in [0.05, 0.1) is 5.56 Å². The molecule has 0 heterocycles. The Hall–Kier alpha value is -4.92. The van der Waals surface area contributed by atoms with Gasteiger partial charge in [-0.05, 0) is 65.4 Å². The van der Waals surface area contributed by atoms with Crippen LogP contribution in [-0.4, -0.2) is 17.7 Å². The molecular weight excluding hydrogens is 567 g/mol. The maximum atomic E-state index is 13.3. The topological polar surface area (TPSA) is 87.3 Å². The lowest BCUT2D eigenvalue weighted by molar-refractivity contribution is -0.137. The molecule has 4 aromatic carbocycles. The molecule has 4 rings (SSSR count). The van der Waals surface area contributed by atoms with Crippen molar-refractivity contribution in [2.75, 3.05) is 5.32 Å². The summed E-state index contributed by atoms with van der Waals surface area (Å²) >= 11 is 0. The minimum Gasteiger partial charge on any atom is -0.350 e.